The molecule has 26 heavy (non-hydrogen) atoms. The van der Waals surface area contributed by atoms with Gasteiger partial charge in [-0.25, -0.2) is 13.2 Å². The molecule has 2 atom stereocenters. The van der Waals surface area contributed by atoms with Crippen molar-refractivity contribution in [2.75, 3.05) is 18.6 Å². The molecule has 1 aromatic heterocycles. The van der Waals surface area contributed by atoms with E-state index in [0.29, 0.717) is 11.9 Å². The van der Waals surface area contributed by atoms with Crippen LogP contribution in [-0.2, 0) is 19.4 Å². The molecular weight excluding hydrogens is 356 g/mol. The number of likely N-dealkylation sites (N-methyl/N-ethyl adjacent to an activating group) is 1. The predicted octanol–water partition coefficient (Wildman–Crippen LogP) is 1.43. The molecule has 2 aromatic rings. The lowest BCUT2D eigenvalue weighted by Crippen LogP contribution is -2.44. The van der Waals surface area contributed by atoms with E-state index < -0.39 is 27.8 Å². The minimum absolute atomic E-state index is 0.0524. The first-order chi connectivity index (χ1) is 12.3. The van der Waals surface area contributed by atoms with Gasteiger partial charge in [-0.05, 0) is 25.5 Å². The van der Waals surface area contributed by atoms with Gasteiger partial charge in [-0.15, -0.1) is 0 Å². The molecule has 0 spiro atoms. The van der Waals surface area contributed by atoms with Crippen LogP contribution in [0.25, 0.3) is 10.9 Å². The van der Waals surface area contributed by atoms with E-state index in [9.17, 15) is 18.0 Å². The molecule has 0 saturated carbocycles. The number of benzene rings is 1. The van der Waals surface area contributed by atoms with Gasteiger partial charge in [-0.3, -0.25) is 9.78 Å². The van der Waals surface area contributed by atoms with Crippen LogP contribution in [0, 0.1) is 0 Å². The number of pyridine rings is 1. The van der Waals surface area contributed by atoms with Crippen LogP contribution in [0.4, 0.5) is 0 Å². The third kappa shape index (κ3) is 3.70. The molecule has 2 heterocycles. The number of amides is 1. The summed E-state index contributed by atoms with van der Waals surface area (Å²) < 4.78 is 28.5. The van der Waals surface area contributed by atoms with Crippen molar-refractivity contribution in [3.63, 3.8) is 0 Å². The monoisotopic (exact) mass is 376 g/mol. The van der Waals surface area contributed by atoms with Crippen LogP contribution in [-0.4, -0.2) is 60.9 Å². The molecule has 8 heteroatoms. The van der Waals surface area contributed by atoms with Crippen LogP contribution < -0.4 is 0 Å². The SMILES string of the molecule is C[C@@H](OC(=O)c1cccc2cccnc12)C(=O)N(C)[C@@H]1CCS(=O)(=O)C1. The Morgan fingerprint density at radius 1 is 1.27 bits per heavy atom. The molecule has 0 N–H and O–H groups in total. The van der Waals surface area contributed by atoms with Crippen molar-refractivity contribution >= 4 is 32.6 Å². The fourth-order valence-corrected chi connectivity index (χ4v) is 4.87. The Morgan fingerprint density at radius 2 is 2.00 bits per heavy atom. The number of para-hydroxylation sites is 1. The number of nitrogens with zero attached hydrogens (tertiary/aromatic N) is 2. The van der Waals surface area contributed by atoms with Crippen molar-refractivity contribution in [1.82, 2.24) is 9.88 Å². The fourth-order valence-electron chi connectivity index (χ4n) is 3.09. The van der Waals surface area contributed by atoms with Crippen LogP contribution in [0.5, 0.6) is 0 Å². The average Bonchev–Trinajstić information content (AvgIpc) is 2.99. The number of fused-ring (bicyclic) bond motifs is 1. The van der Waals surface area contributed by atoms with Crippen molar-refractivity contribution in [2.24, 2.45) is 0 Å². The highest BCUT2D eigenvalue weighted by atomic mass is 32.2. The van der Waals surface area contributed by atoms with Gasteiger partial charge in [-0.1, -0.05) is 18.2 Å². The number of carbonyl (C=O) groups is 2. The van der Waals surface area contributed by atoms with E-state index in [0.717, 1.165) is 5.39 Å². The number of ether oxygens (including phenoxy) is 1. The standard InChI is InChI=1S/C18H20N2O5S/c1-12(17(21)20(2)14-8-10-26(23,24)11-14)25-18(22)15-7-3-5-13-6-4-9-19-16(13)15/h3-7,9,12,14H,8,10-11H2,1-2H3/t12-,14-/m1/s1. The normalized spacial score (nSPS) is 19.8. The second kappa shape index (κ2) is 7.03. The highest BCUT2D eigenvalue weighted by Gasteiger charge is 2.35. The first-order valence-corrected chi connectivity index (χ1v) is 10.1. The van der Waals surface area contributed by atoms with Gasteiger partial charge in [0.05, 0.1) is 22.6 Å². The molecule has 1 aromatic carbocycles. The first kappa shape index (κ1) is 18.3. The van der Waals surface area contributed by atoms with Crippen molar-refractivity contribution in [3.05, 3.63) is 42.1 Å². The Balaban J connectivity index is 1.71. The van der Waals surface area contributed by atoms with Gasteiger partial charge >= 0.3 is 5.97 Å². The van der Waals surface area contributed by atoms with E-state index >= 15 is 0 Å². The second-order valence-corrected chi connectivity index (χ2v) is 8.66. The Labute approximate surface area is 151 Å². The number of aromatic nitrogens is 1. The maximum Gasteiger partial charge on any atom is 0.341 e. The molecular formula is C18H20N2O5S. The fraction of sp³-hybridized carbons (Fsp3) is 0.389. The molecule has 1 aliphatic heterocycles. The van der Waals surface area contributed by atoms with E-state index in [-0.39, 0.29) is 23.1 Å². The van der Waals surface area contributed by atoms with Gasteiger partial charge in [0.2, 0.25) is 0 Å². The summed E-state index contributed by atoms with van der Waals surface area (Å²) in [5, 5.41) is 0.800. The van der Waals surface area contributed by atoms with Crippen molar-refractivity contribution in [2.45, 2.75) is 25.5 Å². The molecule has 1 aliphatic rings. The molecule has 138 valence electrons. The number of rotatable bonds is 4. The van der Waals surface area contributed by atoms with Crippen molar-refractivity contribution < 1.29 is 22.7 Å². The van der Waals surface area contributed by atoms with Gasteiger partial charge in [0.15, 0.2) is 15.9 Å². The number of hydrogen-bond acceptors (Lipinski definition) is 6. The first-order valence-electron chi connectivity index (χ1n) is 8.30. The molecule has 1 amide bonds. The minimum Gasteiger partial charge on any atom is -0.449 e. The summed E-state index contributed by atoms with van der Waals surface area (Å²) >= 11 is 0. The van der Waals surface area contributed by atoms with Crippen molar-refractivity contribution in [1.29, 1.82) is 0 Å². The van der Waals surface area contributed by atoms with Crippen LogP contribution in [0.2, 0.25) is 0 Å². The van der Waals surface area contributed by atoms with Gasteiger partial charge in [0.1, 0.15) is 0 Å². The van der Waals surface area contributed by atoms with Gasteiger partial charge < -0.3 is 9.64 Å². The zero-order chi connectivity index (χ0) is 18.9. The molecule has 7 nitrogen and oxygen atoms in total. The zero-order valence-electron chi connectivity index (χ0n) is 14.6. The second-order valence-electron chi connectivity index (χ2n) is 6.43. The Bertz CT molecular complexity index is 952. The lowest BCUT2D eigenvalue weighted by atomic mass is 10.1. The lowest BCUT2D eigenvalue weighted by Gasteiger charge is -2.26. The molecule has 1 fully saturated rings. The molecule has 1 saturated heterocycles. The maximum absolute atomic E-state index is 12.5. The quantitative estimate of drug-likeness (QED) is 0.750. The summed E-state index contributed by atoms with van der Waals surface area (Å²) in [7, 11) is -1.56. The van der Waals surface area contributed by atoms with Crippen LogP contribution in [0.15, 0.2) is 36.5 Å². The molecule has 0 bridgehead atoms. The summed E-state index contributed by atoms with van der Waals surface area (Å²) in [4.78, 5) is 30.6. The number of esters is 1. The Hall–Kier alpha value is -2.48. The minimum atomic E-state index is -3.10. The Morgan fingerprint density at radius 3 is 2.69 bits per heavy atom. The topological polar surface area (TPSA) is 93.6 Å². The van der Waals surface area contributed by atoms with Crippen LogP contribution >= 0.6 is 0 Å². The highest BCUT2D eigenvalue weighted by molar-refractivity contribution is 7.91. The summed E-state index contributed by atoms with van der Waals surface area (Å²) in [6.45, 7) is 1.48. The molecule has 0 unspecified atom stereocenters. The van der Waals surface area contributed by atoms with Gasteiger partial charge in [-0.2, -0.15) is 0 Å². The predicted molar refractivity (Wildman–Crippen MR) is 96.4 cm³/mol. The average molecular weight is 376 g/mol. The van der Waals surface area contributed by atoms with E-state index in [1.807, 2.05) is 12.1 Å². The zero-order valence-corrected chi connectivity index (χ0v) is 15.4. The van der Waals surface area contributed by atoms with Crippen LogP contribution in [0.3, 0.4) is 0 Å². The number of hydrogen-bond donors (Lipinski definition) is 0. The van der Waals surface area contributed by atoms with Gasteiger partial charge in [0.25, 0.3) is 5.91 Å². The van der Waals surface area contributed by atoms with Crippen molar-refractivity contribution in [3.8, 4) is 0 Å². The highest BCUT2D eigenvalue weighted by Crippen LogP contribution is 2.20. The lowest BCUT2D eigenvalue weighted by molar-refractivity contribution is -0.140. The van der Waals surface area contributed by atoms with Crippen LogP contribution in [0.1, 0.15) is 23.7 Å². The summed E-state index contributed by atoms with van der Waals surface area (Å²) in [6.07, 6.45) is 0.968. The Kier molecular flexibility index (Phi) is 4.95. The summed E-state index contributed by atoms with van der Waals surface area (Å²) in [6, 6.07) is 8.39. The third-order valence-corrected chi connectivity index (χ3v) is 6.34. The number of sulfone groups is 1. The largest absolute Gasteiger partial charge is 0.449 e. The molecule has 0 aliphatic carbocycles. The van der Waals surface area contributed by atoms with E-state index in [1.165, 1.54) is 18.9 Å². The van der Waals surface area contributed by atoms with E-state index in [1.54, 1.807) is 24.4 Å². The molecule has 3 rings (SSSR count). The summed E-state index contributed by atoms with van der Waals surface area (Å²) in [5.74, 6) is -1.04. The molecule has 0 radical (unpaired) electrons. The maximum atomic E-state index is 12.5. The van der Waals surface area contributed by atoms with Gasteiger partial charge in [0, 0.05) is 24.7 Å². The van der Waals surface area contributed by atoms with E-state index in [2.05, 4.69) is 4.98 Å². The summed E-state index contributed by atoms with van der Waals surface area (Å²) in [5.41, 5.74) is 0.795. The smallest absolute Gasteiger partial charge is 0.341 e. The van der Waals surface area contributed by atoms with E-state index in [4.69, 9.17) is 4.74 Å². The third-order valence-electron chi connectivity index (χ3n) is 4.59. The number of carbonyl (C=O) groups excluding carboxylic acids is 2.